The minimum atomic E-state index is -0.606. The Bertz CT molecular complexity index is 788. The van der Waals surface area contributed by atoms with E-state index in [1.807, 2.05) is 24.3 Å². The first-order valence-corrected chi connectivity index (χ1v) is 9.73. The van der Waals surface area contributed by atoms with E-state index in [-0.39, 0.29) is 18.2 Å². The van der Waals surface area contributed by atoms with Gasteiger partial charge in [-0.05, 0) is 25.0 Å². The van der Waals surface area contributed by atoms with Crippen molar-refractivity contribution >= 4 is 23.6 Å². The van der Waals surface area contributed by atoms with Crippen LogP contribution in [0.3, 0.4) is 0 Å². The number of fused-ring (bicyclic) bond motifs is 1. The van der Waals surface area contributed by atoms with E-state index in [1.54, 1.807) is 4.90 Å². The number of anilines is 1. The van der Waals surface area contributed by atoms with Crippen LogP contribution in [0, 0.1) is 0 Å². The van der Waals surface area contributed by atoms with E-state index < -0.39 is 17.7 Å². The van der Waals surface area contributed by atoms with Gasteiger partial charge in [0.25, 0.3) is 0 Å². The zero-order valence-corrected chi connectivity index (χ0v) is 16.0. The molecule has 0 aliphatic carbocycles. The van der Waals surface area contributed by atoms with Crippen LogP contribution in [0.25, 0.3) is 0 Å². The van der Waals surface area contributed by atoms with Crippen molar-refractivity contribution in [1.29, 1.82) is 0 Å². The number of nitrogens with zero attached hydrogens (tertiary/aromatic N) is 2. The predicted molar refractivity (Wildman–Crippen MR) is 101 cm³/mol. The van der Waals surface area contributed by atoms with Gasteiger partial charge in [0, 0.05) is 32.5 Å². The maximum Gasteiger partial charge on any atom is 0.410 e. The zero-order valence-electron chi connectivity index (χ0n) is 16.0. The summed E-state index contributed by atoms with van der Waals surface area (Å²) >= 11 is 0. The fourth-order valence-corrected chi connectivity index (χ4v) is 4.40. The number of rotatable bonds is 1. The van der Waals surface area contributed by atoms with E-state index in [0.29, 0.717) is 50.3 Å². The molecule has 3 amide bonds. The SMILES string of the molecule is COC(=O)N1CCCC1C(=O)N1CCC2(CC1)CC(=O)Nc1ccccc1O2. The van der Waals surface area contributed by atoms with E-state index in [2.05, 4.69) is 5.32 Å². The van der Waals surface area contributed by atoms with Crippen molar-refractivity contribution < 1.29 is 23.9 Å². The number of para-hydroxylation sites is 2. The summed E-state index contributed by atoms with van der Waals surface area (Å²) in [6, 6.07) is 6.96. The molecule has 1 spiro atoms. The number of carbonyl (C=O) groups is 3. The number of carbonyl (C=O) groups excluding carboxylic acids is 3. The Kier molecular flexibility index (Phi) is 4.87. The monoisotopic (exact) mass is 387 g/mol. The molecule has 8 nitrogen and oxygen atoms in total. The molecule has 3 heterocycles. The molecule has 0 saturated carbocycles. The molecule has 3 aliphatic rings. The lowest BCUT2D eigenvalue weighted by atomic mass is 9.87. The van der Waals surface area contributed by atoms with Gasteiger partial charge in [-0.3, -0.25) is 14.5 Å². The second-order valence-corrected chi connectivity index (χ2v) is 7.65. The fourth-order valence-electron chi connectivity index (χ4n) is 4.40. The van der Waals surface area contributed by atoms with Gasteiger partial charge in [-0.1, -0.05) is 12.1 Å². The number of likely N-dealkylation sites (tertiary alicyclic amines) is 2. The first kappa shape index (κ1) is 18.6. The van der Waals surface area contributed by atoms with Gasteiger partial charge in [-0.15, -0.1) is 0 Å². The standard InChI is InChI=1S/C20H25N3O5/c1-27-19(26)23-10-4-6-15(23)18(25)22-11-8-20(9-12-22)13-17(24)21-14-5-2-3-7-16(14)28-20/h2-3,5,7,15H,4,6,8-13H2,1H3,(H,21,24). The summed E-state index contributed by atoms with van der Waals surface area (Å²) < 4.78 is 11.1. The van der Waals surface area contributed by atoms with E-state index in [1.165, 1.54) is 12.0 Å². The quantitative estimate of drug-likeness (QED) is 0.796. The van der Waals surface area contributed by atoms with Crippen molar-refractivity contribution in [3.8, 4) is 5.75 Å². The fraction of sp³-hybridized carbons (Fsp3) is 0.550. The van der Waals surface area contributed by atoms with Gasteiger partial charge >= 0.3 is 6.09 Å². The number of methoxy groups -OCH3 is 1. The Hall–Kier alpha value is -2.77. The van der Waals surface area contributed by atoms with Gasteiger partial charge < -0.3 is 19.7 Å². The van der Waals surface area contributed by atoms with Crippen LogP contribution in [0.2, 0.25) is 0 Å². The Morgan fingerprint density at radius 3 is 2.71 bits per heavy atom. The van der Waals surface area contributed by atoms with Gasteiger partial charge in [0.2, 0.25) is 11.8 Å². The minimum Gasteiger partial charge on any atom is -0.484 e. The zero-order chi connectivity index (χ0) is 19.7. The molecule has 0 radical (unpaired) electrons. The Morgan fingerprint density at radius 2 is 1.96 bits per heavy atom. The molecule has 1 atom stereocenters. The number of nitrogens with one attached hydrogen (secondary N) is 1. The number of hydrogen-bond donors (Lipinski definition) is 1. The Balaban J connectivity index is 1.45. The second kappa shape index (κ2) is 7.33. The van der Waals surface area contributed by atoms with Crippen LogP contribution >= 0.6 is 0 Å². The Labute approximate surface area is 163 Å². The van der Waals surface area contributed by atoms with Crippen molar-refractivity contribution in [1.82, 2.24) is 9.80 Å². The average molecular weight is 387 g/mol. The maximum absolute atomic E-state index is 13.0. The minimum absolute atomic E-state index is 0.0452. The average Bonchev–Trinajstić information content (AvgIpc) is 3.13. The van der Waals surface area contributed by atoms with Gasteiger partial charge in [0.1, 0.15) is 17.4 Å². The van der Waals surface area contributed by atoms with Crippen LogP contribution in [0.1, 0.15) is 32.1 Å². The maximum atomic E-state index is 13.0. The molecule has 3 aliphatic heterocycles. The predicted octanol–water partition coefficient (Wildman–Crippen LogP) is 2.00. The number of hydrogen-bond acceptors (Lipinski definition) is 5. The third-order valence-corrected chi connectivity index (χ3v) is 5.90. The van der Waals surface area contributed by atoms with Crippen LogP contribution in [0.5, 0.6) is 5.75 Å². The summed E-state index contributed by atoms with van der Waals surface area (Å²) in [5, 5.41) is 2.89. The highest BCUT2D eigenvalue weighted by Crippen LogP contribution is 2.38. The second-order valence-electron chi connectivity index (χ2n) is 7.65. The van der Waals surface area contributed by atoms with E-state index >= 15 is 0 Å². The number of ether oxygens (including phenoxy) is 2. The number of benzene rings is 1. The highest BCUT2D eigenvalue weighted by atomic mass is 16.5. The summed E-state index contributed by atoms with van der Waals surface area (Å²) in [5.74, 6) is 0.550. The van der Waals surface area contributed by atoms with E-state index in [0.717, 1.165) is 6.42 Å². The largest absolute Gasteiger partial charge is 0.484 e. The Morgan fingerprint density at radius 1 is 1.21 bits per heavy atom. The smallest absolute Gasteiger partial charge is 0.410 e. The van der Waals surface area contributed by atoms with Gasteiger partial charge in [-0.2, -0.15) is 0 Å². The summed E-state index contributed by atoms with van der Waals surface area (Å²) in [5.41, 5.74) is 0.0769. The molecule has 4 rings (SSSR count). The van der Waals surface area contributed by atoms with Crippen molar-refractivity contribution in [2.45, 2.75) is 43.7 Å². The van der Waals surface area contributed by atoms with Crippen LogP contribution in [-0.2, 0) is 14.3 Å². The van der Waals surface area contributed by atoms with Crippen LogP contribution in [-0.4, -0.2) is 66.1 Å². The molecular weight excluding hydrogens is 362 g/mol. The first-order valence-electron chi connectivity index (χ1n) is 9.73. The molecule has 1 unspecified atom stereocenters. The topological polar surface area (TPSA) is 88.2 Å². The normalized spacial score (nSPS) is 23.5. The molecule has 0 bridgehead atoms. The molecule has 1 aromatic rings. The van der Waals surface area contributed by atoms with Crippen LogP contribution < -0.4 is 10.1 Å². The van der Waals surface area contributed by atoms with Crippen molar-refractivity contribution in [3.63, 3.8) is 0 Å². The summed E-state index contributed by atoms with van der Waals surface area (Å²) in [4.78, 5) is 40.6. The molecule has 28 heavy (non-hydrogen) atoms. The first-order chi connectivity index (χ1) is 13.5. The summed E-state index contributed by atoms with van der Waals surface area (Å²) in [6.07, 6.45) is 2.41. The molecule has 1 N–H and O–H groups in total. The molecule has 0 aromatic heterocycles. The molecule has 2 saturated heterocycles. The molecule has 2 fully saturated rings. The van der Waals surface area contributed by atoms with Crippen LogP contribution in [0.4, 0.5) is 10.5 Å². The third kappa shape index (κ3) is 3.39. The van der Waals surface area contributed by atoms with E-state index in [9.17, 15) is 14.4 Å². The summed E-state index contributed by atoms with van der Waals surface area (Å²) in [6.45, 7) is 1.54. The highest BCUT2D eigenvalue weighted by Gasteiger charge is 2.44. The van der Waals surface area contributed by atoms with Gasteiger partial charge in [-0.25, -0.2) is 4.79 Å². The van der Waals surface area contributed by atoms with Crippen molar-refractivity contribution in [3.05, 3.63) is 24.3 Å². The number of piperidine rings is 1. The molecule has 150 valence electrons. The van der Waals surface area contributed by atoms with Gasteiger partial charge in [0.15, 0.2) is 0 Å². The van der Waals surface area contributed by atoms with Crippen molar-refractivity contribution in [2.75, 3.05) is 32.1 Å². The molecule has 1 aromatic carbocycles. The summed E-state index contributed by atoms with van der Waals surface area (Å²) in [7, 11) is 1.33. The lowest BCUT2D eigenvalue weighted by Gasteiger charge is -2.41. The van der Waals surface area contributed by atoms with Gasteiger partial charge in [0.05, 0.1) is 19.2 Å². The van der Waals surface area contributed by atoms with Crippen LogP contribution in [0.15, 0.2) is 24.3 Å². The molecule has 8 heteroatoms. The van der Waals surface area contributed by atoms with E-state index in [4.69, 9.17) is 9.47 Å². The lowest BCUT2D eigenvalue weighted by Crippen LogP contribution is -2.54. The third-order valence-electron chi connectivity index (χ3n) is 5.90. The number of amides is 3. The lowest BCUT2D eigenvalue weighted by molar-refractivity contribution is -0.139. The molecular formula is C20H25N3O5. The van der Waals surface area contributed by atoms with Crippen molar-refractivity contribution in [2.24, 2.45) is 0 Å². The highest BCUT2D eigenvalue weighted by molar-refractivity contribution is 5.94.